The summed E-state index contributed by atoms with van der Waals surface area (Å²) in [6, 6.07) is 2.05. The lowest BCUT2D eigenvalue weighted by Crippen LogP contribution is -2.49. The molecule has 0 aliphatic carbocycles. The number of nitrogens with zero attached hydrogens (tertiary/aromatic N) is 2. The molecule has 1 aromatic rings. The number of hydrogen-bond donors (Lipinski definition) is 0. The van der Waals surface area contributed by atoms with E-state index in [-0.39, 0.29) is 37.6 Å². The Labute approximate surface area is 128 Å². The predicted molar refractivity (Wildman–Crippen MR) is 78.8 cm³/mol. The molecule has 1 fully saturated rings. The van der Waals surface area contributed by atoms with Crippen molar-refractivity contribution >= 4 is 15.7 Å². The second-order valence-corrected chi connectivity index (χ2v) is 7.34. The van der Waals surface area contributed by atoms with Gasteiger partial charge in [0.05, 0.1) is 11.4 Å². The van der Waals surface area contributed by atoms with Crippen LogP contribution in [0.1, 0.15) is 19.8 Å². The first-order valence-corrected chi connectivity index (χ1v) is 8.84. The number of benzene rings is 1. The first-order valence-electron chi connectivity index (χ1n) is 7.23. The fourth-order valence-corrected chi connectivity index (χ4v) is 4.05. The van der Waals surface area contributed by atoms with Crippen molar-refractivity contribution in [1.82, 2.24) is 4.31 Å². The van der Waals surface area contributed by atoms with Crippen LogP contribution in [-0.4, -0.2) is 44.7 Å². The van der Waals surface area contributed by atoms with Crippen molar-refractivity contribution in [3.63, 3.8) is 0 Å². The Bertz CT molecular complexity index is 629. The van der Waals surface area contributed by atoms with Crippen LogP contribution >= 0.6 is 0 Å². The Balaban J connectivity index is 2.05. The molecule has 1 saturated heterocycles. The zero-order valence-electron chi connectivity index (χ0n) is 12.4. The van der Waals surface area contributed by atoms with Gasteiger partial charge in [0.1, 0.15) is 0 Å². The van der Waals surface area contributed by atoms with E-state index in [1.807, 2.05) is 6.92 Å². The molecule has 8 heteroatoms. The fourth-order valence-electron chi connectivity index (χ4n) is 2.42. The van der Waals surface area contributed by atoms with E-state index in [0.29, 0.717) is 6.42 Å². The lowest BCUT2D eigenvalue weighted by molar-refractivity contribution is 0.379. The van der Waals surface area contributed by atoms with Gasteiger partial charge < -0.3 is 4.90 Å². The van der Waals surface area contributed by atoms with Gasteiger partial charge in [0.2, 0.25) is 10.0 Å². The summed E-state index contributed by atoms with van der Waals surface area (Å²) in [5.74, 6) is -3.87. The largest absolute Gasteiger partial charge is 0.366 e. The molecular weight excluding hydrogens is 317 g/mol. The summed E-state index contributed by atoms with van der Waals surface area (Å²) in [4.78, 5) is 1.53. The molecule has 4 nitrogen and oxygen atoms in total. The Kier molecular flexibility index (Phi) is 5.33. The van der Waals surface area contributed by atoms with Gasteiger partial charge in [-0.25, -0.2) is 21.6 Å². The standard InChI is InChI=1S/C14H19F3N2O2S/c1-2-3-10-22(20,21)19-8-6-18(7-9-19)12-5-4-11(15)13(16)14(12)17/h4-5H,2-3,6-10H2,1H3. The molecule has 0 N–H and O–H groups in total. The smallest absolute Gasteiger partial charge is 0.214 e. The van der Waals surface area contributed by atoms with E-state index in [4.69, 9.17) is 0 Å². The third kappa shape index (κ3) is 3.55. The van der Waals surface area contributed by atoms with Crippen LogP contribution in [0.3, 0.4) is 0 Å². The number of halogens is 3. The van der Waals surface area contributed by atoms with Gasteiger partial charge in [0.25, 0.3) is 0 Å². The third-order valence-electron chi connectivity index (χ3n) is 3.74. The highest BCUT2D eigenvalue weighted by Gasteiger charge is 2.28. The van der Waals surface area contributed by atoms with Gasteiger partial charge >= 0.3 is 0 Å². The normalized spacial score (nSPS) is 17.0. The fraction of sp³-hybridized carbons (Fsp3) is 0.571. The zero-order valence-corrected chi connectivity index (χ0v) is 13.2. The Morgan fingerprint density at radius 3 is 2.27 bits per heavy atom. The molecule has 124 valence electrons. The summed E-state index contributed by atoms with van der Waals surface area (Å²) >= 11 is 0. The summed E-state index contributed by atoms with van der Waals surface area (Å²) in [6.07, 6.45) is 1.39. The van der Waals surface area contributed by atoms with Gasteiger partial charge in [-0.05, 0) is 18.6 Å². The third-order valence-corrected chi connectivity index (χ3v) is 5.70. The van der Waals surface area contributed by atoms with Crippen LogP contribution < -0.4 is 4.90 Å². The van der Waals surface area contributed by atoms with Crippen molar-refractivity contribution in [1.29, 1.82) is 0 Å². The molecule has 0 saturated carbocycles. The predicted octanol–water partition coefficient (Wildman–Crippen LogP) is 2.36. The second-order valence-electron chi connectivity index (χ2n) is 5.25. The van der Waals surface area contributed by atoms with Crippen molar-refractivity contribution in [2.45, 2.75) is 19.8 Å². The average Bonchev–Trinajstić information content (AvgIpc) is 2.51. The number of rotatable bonds is 5. The van der Waals surface area contributed by atoms with Crippen LogP contribution in [0, 0.1) is 17.5 Å². The summed E-state index contributed by atoms with van der Waals surface area (Å²) < 4.78 is 65.5. The van der Waals surface area contributed by atoms with Gasteiger partial charge in [-0.1, -0.05) is 13.3 Å². The van der Waals surface area contributed by atoms with E-state index in [2.05, 4.69) is 0 Å². The molecule has 1 aliphatic heterocycles. The number of unbranched alkanes of at least 4 members (excludes halogenated alkanes) is 1. The SMILES string of the molecule is CCCCS(=O)(=O)N1CCN(c2ccc(F)c(F)c2F)CC1. The van der Waals surface area contributed by atoms with Crippen molar-refractivity contribution in [2.75, 3.05) is 36.8 Å². The van der Waals surface area contributed by atoms with Crippen molar-refractivity contribution in [3.05, 3.63) is 29.6 Å². The lowest BCUT2D eigenvalue weighted by atomic mass is 10.2. The monoisotopic (exact) mass is 336 g/mol. The van der Waals surface area contributed by atoms with Crippen molar-refractivity contribution < 1.29 is 21.6 Å². The molecule has 0 spiro atoms. The minimum Gasteiger partial charge on any atom is -0.366 e. The van der Waals surface area contributed by atoms with Crippen LogP contribution in [0.15, 0.2) is 12.1 Å². The minimum atomic E-state index is -3.30. The van der Waals surface area contributed by atoms with E-state index in [1.54, 1.807) is 0 Å². The van der Waals surface area contributed by atoms with Crippen LogP contribution in [0.5, 0.6) is 0 Å². The molecule has 0 amide bonds. The highest BCUT2D eigenvalue weighted by molar-refractivity contribution is 7.89. The molecule has 0 aromatic heterocycles. The van der Waals surface area contributed by atoms with E-state index in [1.165, 1.54) is 15.3 Å². The van der Waals surface area contributed by atoms with Crippen molar-refractivity contribution in [3.8, 4) is 0 Å². The molecule has 22 heavy (non-hydrogen) atoms. The van der Waals surface area contributed by atoms with E-state index in [9.17, 15) is 21.6 Å². The molecule has 2 rings (SSSR count). The first-order chi connectivity index (χ1) is 10.4. The van der Waals surface area contributed by atoms with Gasteiger partial charge in [-0.15, -0.1) is 0 Å². The molecule has 0 atom stereocenters. The summed E-state index contributed by atoms with van der Waals surface area (Å²) in [6.45, 7) is 2.83. The van der Waals surface area contributed by atoms with Crippen LogP contribution in [0.2, 0.25) is 0 Å². The maximum absolute atomic E-state index is 13.8. The molecule has 0 bridgehead atoms. The van der Waals surface area contributed by atoms with Gasteiger partial charge in [0, 0.05) is 26.2 Å². The van der Waals surface area contributed by atoms with Gasteiger partial charge in [-0.3, -0.25) is 0 Å². The topological polar surface area (TPSA) is 40.6 Å². The summed E-state index contributed by atoms with van der Waals surface area (Å²) in [5, 5.41) is 0. The number of anilines is 1. The maximum Gasteiger partial charge on any atom is 0.214 e. The van der Waals surface area contributed by atoms with Crippen molar-refractivity contribution in [2.24, 2.45) is 0 Å². The number of hydrogen-bond acceptors (Lipinski definition) is 3. The molecule has 1 aromatic carbocycles. The molecule has 0 unspecified atom stereocenters. The Hall–Kier alpha value is -1.28. The van der Waals surface area contributed by atoms with Crippen LogP contribution in [0.4, 0.5) is 18.9 Å². The highest BCUT2D eigenvalue weighted by atomic mass is 32.2. The van der Waals surface area contributed by atoms with Crippen LogP contribution in [-0.2, 0) is 10.0 Å². The number of piperazine rings is 1. The van der Waals surface area contributed by atoms with E-state index in [0.717, 1.165) is 12.5 Å². The van der Waals surface area contributed by atoms with Gasteiger partial charge in [-0.2, -0.15) is 4.31 Å². The quantitative estimate of drug-likeness (QED) is 0.775. The molecule has 0 radical (unpaired) electrons. The molecule has 1 aliphatic rings. The Morgan fingerprint density at radius 2 is 1.68 bits per heavy atom. The number of sulfonamides is 1. The molecular formula is C14H19F3N2O2S. The highest BCUT2D eigenvalue weighted by Crippen LogP contribution is 2.25. The zero-order chi connectivity index (χ0) is 16.3. The van der Waals surface area contributed by atoms with Crippen LogP contribution in [0.25, 0.3) is 0 Å². The maximum atomic E-state index is 13.8. The summed E-state index contributed by atoms with van der Waals surface area (Å²) in [5.41, 5.74) is -0.0375. The second kappa shape index (κ2) is 6.87. The Morgan fingerprint density at radius 1 is 1.05 bits per heavy atom. The van der Waals surface area contributed by atoms with E-state index >= 15 is 0 Å². The average molecular weight is 336 g/mol. The summed E-state index contributed by atoms with van der Waals surface area (Å²) in [7, 11) is -3.30. The minimum absolute atomic E-state index is 0.0375. The first kappa shape index (κ1) is 17.1. The lowest BCUT2D eigenvalue weighted by Gasteiger charge is -2.35. The molecule has 1 heterocycles. The van der Waals surface area contributed by atoms with Gasteiger partial charge in [0.15, 0.2) is 17.5 Å². The van der Waals surface area contributed by atoms with E-state index < -0.39 is 27.5 Å².